The van der Waals surface area contributed by atoms with Crippen LogP contribution in [0.15, 0.2) is 36.5 Å². The Bertz CT molecular complexity index is 836. The number of carbonyl (C=O) groups is 1. The van der Waals surface area contributed by atoms with E-state index in [1.54, 1.807) is 24.4 Å². The highest BCUT2D eigenvalue weighted by Gasteiger charge is 2.18. The van der Waals surface area contributed by atoms with E-state index in [9.17, 15) is 4.79 Å². The Morgan fingerprint density at radius 2 is 1.89 bits per heavy atom. The highest BCUT2D eigenvalue weighted by molar-refractivity contribution is 5.89. The van der Waals surface area contributed by atoms with Crippen molar-refractivity contribution in [1.29, 1.82) is 0 Å². The number of fused-ring (bicyclic) bond motifs is 1. The summed E-state index contributed by atoms with van der Waals surface area (Å²) in [5.74, 6) is 2.29. The Hall–Kier alpha value is -3.00. The molecule has 0 atom stereocenters. The molecule has 2 aliphatic heterocycles. The number of benzene rings is 1. The summed E-state index contributed by atoms with van der Waals surface area (Å²) in [5, 5.41) is 5.76. The van der Waals surface area contributed by atoms with Crippen LogP contribution >= 0.6 is 0 Å². The van der Waals surface area contributed by atoms with Gasteiger partial charge in [-0.25, -0.2) is 9.78 Å². The maximum Gasteiger partial charge on any atom is 0.319 e. The number of nitrogens with one attached hydrogen (secondary N) is 2. The van der Waals surface area contributed by atoms with Crippen molar-refractivity contribution in [3.63, 3.8) is 0 Å². The number of piperazine rings is 1. The molecule has 2 N–H and O–H groups in total. The fraction of sp³-hybridized carbons (Fsp3) is 0.400. The van der Waals surface area contributed by atoms with Crippen LogP contribution in [-0.4, -0.2) is 62.4 Å². The van der Waals surface area contributed by atoms with Gasteiger partial charge in [-0.15, -0.1) is 0 Å². The van der Waals surface area contributed by atoms with Gasteiger partial charge in [-0.1, -0.05) is 6.07 Å². The lowest BCUT2D eigenvalue weighted by Crippen LogP contribution is -2.45. The molecule has 0 aliphatic carbocycles. The van der Waals surface area contributed by atoms with Gasteiger partial charge in [0, 0.05) is 56.2 Å². The number of anilines is 2. The van der Waals surface area contributed by atoms with Crippen LogP contribution in [-0.2, 0) is 6.54 Å². The van der Waals surface area contributed by atoms with Gasteiger partial charge in [-0.2, -0.15) is 0 Å². The molecule has 0 saturated carbocycles. The Morgan fingerprint density at radius 1 is 1.11 bits per heavy atom. The first kappa shape index (κ1) is 18.4. The van der Waals surface area contributed by atoms with Gasteiger partial charge in [0.1, 0.15) is 19.0 Å². The molecule has 1 aromatic heterocycles. The predicted molar refractivity (Wildman–Crippen MR) is 107 cm³/mol. The molecule has 2 aliphatic rings. The van der Waals surface area contributed by atoms with Crippen LogP contribution in [0.3, 0.4) is 0 Å². The minimum atomic E-state index is -0.273. The average Bonchev–Trinajstić information content (AvgIpc) is 2.73. The third kappa shape index (κ3) is 4.28. The molecule has 8 nitrogen and oxygen atoms in total. The molecule has 0 radical (unpaired) electrons. The summed E-state index contributed by atoms with van der Waals surface area (Å²) in [5.41, 5.74) is 1.66. The third-order valence-corrected chi connectivity index (χ3v) is 4.91. The number of carbonyl (C=O) groups excluding carboxylic acids is 1. The van der Waals surface area contributed by atoms with Gasteiger partial charge in [0.25, 0.3) is 0 Å². The zero-order chi connectivity index (χ0) is 19.3. The van der Waals surface area contributed by atoms with Crippen molar-refractivity contribution in [1.82, 2.24) is 15.2 Å². The minimum Gasteiger partial charge on any atom is -0.486 e. The first-order chi connectivity index (χ1) is 13.7. The Kier molecular flexibility index (Phi) is 5.48. The number of amides is 2. The summed E-state index contributed by atoms with van der Waals surface area (Å²) >= 11 is 0. The molecule has 0 bridgehead atoms. The number of aromatic nitrogens is 1. The molecular weight excluding hydrogens is 358 g/mol. The SMILES string of the molecule is CN1CCN(c2ncccc2CNC(=O)Nc2ccc3c(c2)OCCO3)CC1. The van der Waals surface area contributed by atoms with Gasteiger partial charge in [0.15, 0.2) is 11.5 Å². The number of pyridine rings is 1. The molecule has 0 unspecified atom stereocenters. The number of hydrogen-bond donors (Lipinski definition) is 2. The lowest BCUT2D eigenvalue weighted by atomic mass is 10.2. The molecule has 4 rings (SSSR count). The van der Waals surface area contributed by atoms with Crippen molar-refractivity contribution >= 4 is 17.5 Å². The fourth-order valence-electron chi connectivity index (χ4n) is 3.34. The van der Waals surface area contributed by atoms with Crippen LogP contribution < -0.4 is 25.0 Å². The van der Waals surface area contributed by atoms with Crippen LogP contribution in [0, 0.1) is 0 Å². The van der Waals surface area contributed by atoms with E-state index in [2.05, 4.69) is 32.5 Å². The van der Waals surface area contributed by atoms with Crippen molar-refractivity contribution in [3.05, 3.63) is 42.1 Å². The lowest BCUT2D eigenvalue weighted by molar-refractivity contribution is 0.171. The number of likely N-dealkylation sites (N-methyl/N-ethyl adjacent to an activating group) is 1. The highest BCUT2D eigenvalue weighted by atomic mass is 16.6. The van der Waals surface area contributed by atoms with Crippen LogP contribution in [0.4, 0.5) is 16.3 Å². The van der Waals surface area contributed by atoms with Crippen LogP contribution in [0.1, 0.15) is 5.56 Å². The maximum atomic E-state index is 12.3. The second-order valence-corrected chi connectivity index (χ2v) is 6.94. The van der Waals surface area contributed by atoms with Gasteiger partial charge in [-0.3, -0.25) is 0 Å². The van der Waals surface area contributed by atoms with E-state index in [0.717, 1.165) is 37.6 Å². The van der Waals surface area contributed by atoms with E-state index in [1.165, 1.54) is 0 Å². The predicted octanol–water partition coefficient (Wildman–Crippen LogP) is 1.93. The van der Waals surface area contributed by atoms with Crippen LogP contribution in [0.2, 0.25) is 0 Å². The fourth-order valence-corrected chi connectivity index (χ4v) is 3.34. The van der Waals surface area contributed by atoms with Crippen LogP contribution in [0.5, 0.6) is 11.5 Å². The topological polar surface area (TPSA) is 79.0 Å². The zero-order valence-electron chi connectivity index (χ0n) is 16.0. The van der Waals surface area contributed by atoms with E-state index in [0.29, 0.717) is 36.9 Å². The zero-order valence-corrected chi connectivity index (χ0v) is 16.0. The Labute approximate surface area is 164 Å². The normalized spacial score (nSPS) is 16.5. The summed E-state index contributed by atoms with van der Waals surface area (Å²) in [7, 11) is 2.13. The summed E-state index contributed by atoms with van der Waals surface area (Å²) in [6, 6.07) is 9.00. The summed E-state index contributed by atoms with van der Waals surface area (Å²) < 4.78 is 11.0. The van der Waals surface area contributed by atoms with Gasteiger partial charge < -0.3 is 29.9 Å². The quantitative estimate of drug-likeness (QED) is 0.840. The summed E-state index contributed by atoms with van der Waals surface area (Å²) in [6.07, 6.45) is 1.80. The molecule has 8 heteroatoms. The monoisotopic (exact) mass is 383 g/mol. The van der Waals surface area contributed by atoms with Crippen molar-refractivity contribution in [2.45, 2.75) is 6.54 Å². The smallest absolute Gasteiger partial charge is 0.319 e. The molecule has 1 saturated heterocycles. The van der Waals surface area contributed by atoms with Crippen molar-refractivity contribution in [2.75, 3.05) is 56.7 Å². The number of urea groups is 1. The molecule has 148 valence electrons. The van der Waals surface area contributed by atoms with Crippen molar-refractivity contribution in [2.24, 2.45) is 0 Å². The van der Waals surface area contributed by atoms with Crippen molar-refractivity contribution in [3.8, 4) is 11.5 Å². The van der Waals surface area contributed by atoms with E-state index >= 15 is 0 Å². The molecule has 3 heterocycles. The number of hydrogen-bond acceptors (Lipinski definition) is 6. The molecule has 2 aromatic rings. The number of ether oxygens (including phenoxy) is 2. The third-order valence-electron chi connectivity index (χ3n) is 4.91. The second-order valence-electron chi connectivity index (χ2n) is 6.94. The largest absolute Gasteiger partial charge is 0.486 e. The molecule has 1 aromatic carbocycles. The maximum absolute atomic E-state index is 12.3. The second kappa shape index (κ2) is 8.35. The van der Waals surface area contributed by atoms with Crippen LogP contribution in [0.25, 0.3) is 0 Å². The number of rotatable bonds is 4. The van der Waals surface area contributed by atoms with E-state index in [4.69, 9.17) is 9.47 Å². The first-order valence-electron chi connectivity index (χ1n) is 9.51. The molecular formula is C20H25N5O3. The Morgan fingerprint density at radius 3 is 2.71 bits per heavy atom. The minimum absolute atomic E-state index is 0.273. The lowest BCUT2D eigenvalue weighted by Gasteiger charge is -2.34. The molecule has 0 spiro atoms. The summed E-state index contributed by atoms with van der Waals surface area (Å²) in [4.78, 5) is 21.5. The molecule has 2 amide bonds. The van der Waals surface area contributed by atoms with E-state index < -0.39 is 0 Å². The van der Waals surface area contributed by atoms with E-state index in [-0.39, 0.29) is 6.03 Å². The van der Waals surface area contributed by atoms with E-state index in [1.807, 2.05) is 12.1 Å². The van der Waals surface area contributed by atoms with Gasteiger partial charge >= 0.3 is 6.03 Å². The van der Waals surface area contributed by atoms with Crippen molar-refractivity contribution < 1.29 is 14.3 Å². The average molecular weight is 383 g/mol. The molecule has 1 fully saturated rings. The van der Waals surface area contributed by atoms with Gasteiger partial charge in [-0.05, 0) is 25.2 Å². The van der Waals surface area contributed by atoms with Gasteiger partial charge in [0.2, 0.25) is 0 Å². The summed E-state index contributed by atoms with van der Waals surface area (Å²) in [6.45, 7) is 5.35. The standard InChI is InChI=1S/C20H25N5O3/c1-24-7-9-25(10-8-24)19-15(3-2-6-21-19)14-22-20(26)23-16-4-5-17-18(13-16)28-12-11-27-17/h2-6,13H,7-12,14H2,1H3,(H2,22,23,26). The first-order valence-corrected chi connectivity index (χ1v) is 9.51. The Balaban J connectivity index is 1.36. The molecule has 28 heavy (non-hydrogen) atoms. The number of nitrogens with zero attached hydrogens (tertiary/aromatic N) is 3. The highest BCUT2D eigenvalue weighted by Crippen LogP contribution is 2.32. The van der Waals surface area contributed by atoms with Gasteiger partial charge in [0.05, 0.1) is 0 Å².